The summed E-state index contributed by atoms with van der Waals surface area (Å²) in [7, 11) is 1.57. The number of carbonyl (C=O) groups excluding carboxylic acids is 1. The Kier molecular flexibility index (Phi) is 11.1. The van der Waals surface area contributed by atoms with Gasteiger partial charge in [-0.05, 0) is 76.8 Å². The summed E-state index contributed by atoms with van der Waals surface area (Å²) >= 11 is 11.6. The van der Waals surface area contributed by atoms with Crippen LogP contribution in [-0.4, -0.2) is 41.0 Å². The molecule has 0 aliphatic carbocycles. The Labute approximate surface area is 303 Å². The number of fused-ring (bicyclic) bond motifs is 1. The van der Waals surface area contributed by atoms with Gasteiger partial charge in [0.2, 0.25) is 11.1 Å². The highest BCUT2D eigenvalue weighted by atomic mass is 79.9. The summed E-state index contributed by atoms with van der Waals surface area (Å²) in [5.41, 5.74) is 4.55. The third-order valence-corrected chi connectivity index (χ3v) is 9.72. The summed E-state index contributed by atoms with van der Waals surface area (Å²) in [6.45, 7) is 4.66. The molecule has 1 aliphatic heterocycles. The molecule has 6 rings (SSSR count). The van der Waals surface area contributed by atoms with Gasteiger partial charge >= 0.3 is 0 Å². The van der Waals surface area contributed by atoms with Gasteiger partial charge in [0.1, 0.15) is 11.8 Å². The summed E-state index contributed by atoms with van der Waals surface area (Å²) in [5, 5.41) is 12.5. The molecule has 1 atom stereocenters. The topological polar surface area (TPSA) is 99.5 Å². The highest BCUT2D eigenvalue weighted by Crippen LogP contribution is 2.44. The van der Waals surface area contributed by atoms with Crippen molar-refractivity contribution in [3.63, 3.8) is 0 Å². The molecule has 1 unspecified atom stereocenters. The fourth-order valence-corrected chi connectivity index (χ4v) is 7.24. The van der Waals surface area contributed by atoms with Crippen molar-refractivity contribution in [1.29, 1.82) is 0 Å². The third kappa shape index (κ3) is 7.90. The maximum atomic E-state index is 14.2. The molecule has 9 nitrogen and oxygen atoms in total. The van der Waals surface area contributed by atoms with Crippen LogP contribution in [0.2, 0.25) is 5.02 Å². The zero-order valence-corrected chi connectivity index (χ0v) is 30.4. The van der Waals surface area contributed by atoms with Crippen molar-refractivity contribution in [2.24, 2.45) is 0 Å². The van der Waals surface area contributed by atoms with E-state index in [-0.39, 0.29) is 5.91 Å². The summed E-state index contributed by atoms with van der Waals surface area (Å²) in [5.74, 6) is 2.46. The minimum absolute atomic E-state index is 0.316. The summed E-state index contributed by atoms with van der Waals surface area (Å²) in [4.78, 5) is 19.0. The van der Waals surface area contributed by atoms with E-state index in [4.69, 9.17) is 35.9 Å². The van der Waals surface area contributed by atoms with E-state index in [1.165, 1.54) is 17.3 Å². The first-order valence-corrected chi connectivity index (χ1v) is 17.9. The van der Waals surface area contributed by atoms with Crippen LogP contribution in [0.5, 0.6) is 17.2 Å². The van der Waals surface area contributed by atoms with Crippen LogP contribution in [0.3, 0.4) is 0 Å². The monoisotopic (exact) mass is 759 g/mol. The second-order valence-corrected chi connectivity index (χ2v) is 13.3. The predicted molar refractivity (Wildman–Crippen MR) is 198 cm³/mol. The van der Waals surface area contributed by atoms with Crippen molar-refractivity contribution in [2.45, 2.75) is 37.2 Å². The van der Waals surface area contributed by atoms with Crippen LogP contribution >= 0.6 is 39.3 Å². The number of anilines is 2. The molecule has 4 aromatic carbocycles. The Morgan fingerprint density at radius 1 is 1.02 bits per heavy atom. The Hall–Kier alpha value is -4.45. The molecule has 1 aromatic heterocycles. The van der Waals surface area contributed by atoms with Crippen molar-refractivity contribution in [2.75, 3.05) is 31.0 Å². The number of hydrogen-bond acceptors (Lipinski definition) is 8. The first-order chi connectivity index (χ1) is 23.9. The lowest BCUT2D eigenvalue weighted by Gasteiger charge is -2.29. The maximum absolute atomic E-state index is 14.2. The van der Waals surface area contributed by atoms with Crippen LogP contribution in [0.4, 0.5) is 11.6 Å². The minimum atomic E-state index is -0.665. The standard InChI is InChI=1S/C37H35BrClN5O4S/c1-4-47-31-21-26(20-27(38)34(31)48-19-18-24-12-6-5-7-13-24)33-32(35(45)41-29-16-10-11-17-30(29)46-3)23(2)40-36-42-37(43-44(33)36)49-22-25-14-8-9-15-28(25)39/h5-17,20-21,33H,4,18-19,22H2,1-3H3,(H,41,45)(H,40,42,43). The molecule has 2 heterocycles. The number of hydrogen-bond donors (Lipinski definition) is 2. The predicted octanol–water partition coefficient (Wildman–Crippen LogP) is 8.94. The van der Waals surface area contributed by atoms with E-state index in [0.29, 0.717) is 73.8 Å². The van der Waals surface area contributed by atoms with Crippen LogP contribution in [-0.2, 0) is 17.0 Å². The average Bonchev–Trinajstić information content (AvgIpc) is 3.51. The number of aromatic nitrogens is 3. The number of benzene rings is 4. The lowest BCUT2D eigenvalue weighted by atomic mass is 9.94. The second-order valence-electron chi connectivity index (χ2n) is 11.1. The molecule has 1 amide bonds. The largest absolute Gasteiger partial charge is 0.495 e. The number of para-hydroxylation sites is 2. The lowest BCUT2D eigenvalue weighted by molar-refractivity contribution is -0.113. The number of ether oxygens (including phenoxy) is 3. The molecule has 252 valence electrons. The highest BCUT2D eigenvalue weighted by Gasteiger charge is 2.36. The Bertz CT molecular complexity index is 1990. The quantitative estimate of drug-likeness (QED) is 0.115. The third-order valence-electron chi connectivity index (χ3n) is 7.87. The van der Waals surface area contributed by atoms with E-state index in [1.54, 1.807) is 23.9 Å². The Morgan fingerprint density at radius 2 is 1.78 bits per heavy atom. The van der Waals surface area contributed by atoms with Gasteiger partial charge in [-0.15, -0.1) is 5.10 Å². The molecule has 0 bridgehead atoms. The number of methoxy groups -OCH3 is 1. The van der Waals surface area contributed by atoms with Crippen LogP contribution in [0.15, 0.2) is 112 Å². The molecule has 1 aliphatic rings. The molecule has 0 spiro atoms. The molecular weight excluding hydrogens is 726 g/mol. The van der Waals surface area contributed by atoms with Gasteiger partial charge < -0.3 is 24.8 Å². The zero-order valence-electron chi connectivity index (χ0n) is 27.2. The Balaban J connectivity index is 1.37. The normalized spacial score (nSPS) is 13.8. The summed E-state index contributed by atoms with van der Waals surface area (Å²) in [6.07, 6.45) is 0.737. The van der Waals surface area contributed by atoms with Crippen molar-refractivity contribution < 1.29 is 19.0 Å². The molecule has 0 fully saturated rings. The van der Waals surface area contributed by atoms with Gasteiger partial charge in [-0.25, -0.2) is 4.68 Å². The molecule has 0 saturated carbocycles. The van der Waals surface area contributed by atoms with Gasteiger partial charge in [-0.2, -0.15) is 4.98 Å². The molecule has 0 radical (unpaired) electrons. The van der Waals surface area contributed by atoms with Gasteiger partial charge in [0, 0.05) is 22.9 Å². The van der Waals surface area contributed by atoms with E-state index in [1.807, 2.05) is 80.6 Å². The fraction of sp³-hybridized carbons (Fsp3) is 0.216. The van der Waals surface area contributed by atoms with Crippen molar-refractivity contribution in [3.8, 4) is 17.2 Å². The number of carbonyl (C=O) groups is 1. The summed E-state index contributed by atoms with van der Waals surface area (Å²) < 4.78 is 20.4. The van der Waals surface area contributed by atoms with Gasteiger partial charge in [0.05, 0.1) is 36.1 Å². The van der Waals surface area contributed by atoms with Gasteiger partial charge in [-0.3, -0.25) is 4.79 Å². The van der Waals surface area contributed by atoms with Crippen LogP contribution in [0, 0.1) is 0 Å². The van der Waals surface area contributed by atoms with E-state index in [2.05, 4.69) is 38.7 Å². The van der Waals surface area contributed by atoms with Crippen LogP contribution < -0.4 is 24.8 Å². The van der Waals surface area contributed by atoms with Gasteiger partial charge in [0.15, 0.2) is 11.5 Å². The second kappa shape index (κ2) is 15.8. The van der Waals surface area contributed by atoms with E-state index >= 15 is 0 Å². The van der Waals surface area contributed by atoms with Gasteiger partial charge in [0.25, 0.3) is 5.91 Å². The van der Waals surface area contributed by atoms with Crippen LogP contribution in [0.1, 0.15) is 36.6 Å². The molecule has 0 saturated heterocycles. The smallest absolute Gasteiger partial charge is 0.255 e. The lowest BCUT2D eigenvalue weighted by Crippen LogP contribution is -2.31. The molecule has 5 aromatic rings. The first-order valence-electron chi connectivity index (χ1n) is 15.7. The molecule has 12 heteroatoms. The van der Waals surface area contributed by atoms with Crippen molar-refractivity contribution in [1.82, 2.24) is 14.8 Å². The SMILES string of the molecule is CCOc1cc(C2C(C(=O)Nc3ccccc3OC)=C(C)Nc3nc(SCc4ccccc4Cl)nn32)cc(Br)c1OCCc1ccccc1. The maximum Gasteiger partial charge on any atom is 0.255 e. The number of nitrogens with zero attached hydrogens (tertiary/aromatic N) is 3. The number of thioether (sulfide) groups is 1. The number of nitrogens with one attached hydrogen (secondary N) is 2. The first kappa shape index (κ1) is 34.4. The Morgan fingerprint density at radius 3 is 2.55 bits per heavy atom. The number of halogens is 2. The molecular formula is C37H35BrClN5O4S. The minimum Gasteiger partial charge on any atom is -0.495 e. The highest BCUT2D eigenvalue weighted by molar-refractivity contribution is 9.10. The van der Waals surface area contributed by atoms with Gasteiger partial charge in [-0.1, -0.05) is 84.0 Å². The average molecular weight is 761 g/mol. The fourth-order valence-electron chi connectivity index (χ4n) is 5.55. The van der Waals surface area contributed by atoms with E-state index in [0.717, 1.165) is 17.5 Å². The van der Waals surface area contributed by atoms with E-state index in [9.17, 15) is 4.79 Å². The van der Waals surface area contributed by atoms with Crippen molar-refractivity contribution >= 4 is 56.8 Å². The number of amides is 1. The zero-order chi connectivity index (χ0) is 34.3. The number of allylic oxidation sites excluding steroid dienone is 1. The molecule has 2 N–H and O–H groups in total. The van der Waals surface area contributed by atoms with Crippen molar-refractivity contribution in [3.05, 3.63) is 128 Å². The summed E-state index contributed by atoms with van der Waals surface area (Å²) in [6, 6.07) is 28.4. The van der Waals surface area contributed by atoms with E-state index < -0.39 is 6.04 Å². The van der Waals surface area contributed by atoms with Crippen LogP contribution in [0.25, 0.3) is 0 Å². The molecule has 49 heavy (non-hydrogen) atoms. The number of rotatable bonds is 13.